The molecule has 5 heteroatoms. The first kappa shape index (κ1) is 19.6. The second-order valence-electron chi connectivity index (χ2n) is 7.30. The summed E-state index contributed by atoms with van der Waals surface area (Å²) in [5, 5.41) is 10.9. The Labute approximate surface area is 158 Å². The summed E-state index contributed by atoms with van der Waals surface area (Å²) in [6.45, 7) is 2.61. The number of aliphatic hydroxyl groups is 1. The van der Waals surface area contributed by atoms with Crippen LogP contribution in [0.4, 0.5) is 8.78 Å². The molecule has 2 aromatic rings. The fourth-order valence-corrected chi connectivity index (χ4v) is 3.54. The zero-order chi connectivity index (χ0) is 19.4. The first-order valence-corrected chi connectivity index (χ1v) is 9.30. The molecule has 1 heterocycles. The maximum absolute atomic E-state index is 14.6. The minimum Gasteiger partial charge on any atom is -0.385 e. The lowest BCUT2D eigenvalue weighted by molar-refractivity contribution is -0.0586. The van der Waals surface area contributed by atoms with Crippen LogP contribution in [0, 0.1) is 6.92 Å². The van der Waals surface area contributed by atoms with Crippen LogP contribution in [0.5, 0.6) is 0 Å². The Kier molecular flexibility index (Phi) is 6.02. The van der Waals surface area contributed by atoms with Crippen molar-refractivity contribution in [1.29, 1.82) is 0 Å². The fourth-order valence-electron chi connectivity index (χ4n) is 3.54. The average molecular weight is 373 g/mol. The van der Waals surface area contributed by atoms with Gasteiger partial charge in [0, 0.05) is 25.1 Å². The molecule has 1 aliphatic rings. The molecule has 3 rings (SSSR count). The fraction of sp³-hybridized carbons (Fsp3) is 0.409. The van der Waals surface area contributed by atoms with Crippen molar-refractivity contribution in [2.45, 2.75) is 44.3 Å². The molecule has 0 bridgehead atoms. The average Bonchev–Trinajstić information content (AvgIpc) is 2.69. The van der Waals surface area contributed by atoms with Crippen molar-refractivity contribution in [3.8, 4) is 0 Å². The maximum atomic E-state index is 14.6. The Morgan fingerprint density at radius 3 is 2.26 bits per heavy atom. The van der Waals surface area contributed by atoms with Crippen molar-refractivity contribution >= 4 is 5.78 Å². The number of carbonyl (C=O) groups is 1. The third kappa shape index (κ3) is 4.60. The molecule has 1 N–H and O–H groups in total. The molecule has 0 aromatic heterocycles. The number of alkyl halides is 2. The lowest BCUT2D eigenvalue weighted by Crippen LogP contribution is -2.46. The van der Waals surface area contributed by atoms with Crippen LogP contribution < -0.4 is 0 Å². The molecule has 2 unspecified atom stereocenters. The van der Waals surface area contributed by atoms with Crippen molar-refractivity contribution in [3.05, 3.63) is 71.3 Å². The van der Waals surface area contributed by atoms with E-state index in [-0.39, 0.29) is 5.56 Å². The molecule has 144 valence electrons. The van der Waals surface area contributed by atoms with E-state index in [4.69, 9.17) is 0 Å². The number of nitrogens with zero attached hydrogens (tertiary/aromatic N) is 1. The Bertz CT molecular complexity index is 756. The van der Waals surface area contributed by atoms with E-state index in [2.05, 4.69) is 0 Å². The van der Waals surface area contributed by atoms with E-state index in [1.807, 2.05) is 31.2 Å². The number of carbonyl (C=O) groups excluding carboxylic acids is 1. The van der Waals surface area contributed by atoms with Gasteiger partial charge in [-0.15, -0.1) is 0 Å². The lowest BCUT2D eigenvalue weighted by Gasteiger charge is -2.40. The molecule has 27 heavy (non-hydrogen) atoms. The van der Waals surface area contributed by atoms with Crippen LogP contribution in [-0.4, -0.2) is 41.3 Å². The van der Waals surface area contributed by atoms with Crippen molar-refractivity contribution in [3.63, 3.8) is 0 Å². The van der Waals surface area contributed by atoms with E-state index >= 15 is 0 Å². The smallest absolute Gasteiger partial charge is 0.197 e. The number of piperidine rings is 1. The molecule has 2 atom stereocenters. The van der Waals surface area contributed by atoms with Gasteiger partial charge in [-0.05, 0) is 25.3 Å². The number of hydrogen-bond donors (Lipinski definition) is 1. The van der Waals surface area contributed by atoms with Gasteiger partial charge in [-0.25, -0.2) is 8.78 Å². The second-order valence-corrected chi connectivity index (χ2v) is 7.30. The van der Waals surface area contributed by atoms with Crippen molar-refractivity contribution in [2.75, 3.05) is 13.1 Å². The van der Waals surface area contributed by atoms with Gasteiger partial charge in [-0.1, -0.05) is 60.2 Å². The van der Waals surface area contributed by atoms with Crippen molar-refractivity contribution in [1.82, 2.24) is 4.90 Å². The van der Waals surface area contributed by atoms with Gasteiger partial charge in [-0.2, -0.15) is 0 Å². The van der Waals surface area contributed by atoms with Gasteiger partial charge in [0.2, 0.25) is 0 Å². The SMILES string of the molecule is Cc1ccc(C2(O)CCN(C(F)CC(F)C(=O)c3ccccc3)CC2)cc1. The summed E-state index contributed by atoms with van der Waals surface area (Å²) in [5.41, 5.74) is 1.20. The summed E-state index contributed by atoms with van der Waals surface area (Å²) in [6, 6.07) is 15.8. The first-order valence-electron chi connectivity index (χ1n) is 9.30. The van der Waals surface area contributed by atoms with E-state index in [9.17, 15) is 18.7 Å². The third-order valence-electron chi connectivity index (χ3n) is 5.35. The van der Waals surface area contributed by atoms with Gasteiger partial charge < -0.3 is 5.11 Å². The van der Waals surface area contributed by atoms with E-state index in [0.717, 1.165) is 11.1 Å². The Hall–Kier alpha value is -2.11. The van der Waals surface area contributed by atoms with Crippen molar-refractivity contribution in [2.24, 2.45) is 0 Å². The van der Waals surface area contributed by atoms with Crippen LogP contribution in [0.3, 0.4) is 0 Å². The van der Waals surface area contributed by atoms with Crippen LogP contribution in [0.15, 0.2) is 54.6 Å². The molecule has 0 spiro atoms. The number of Topliss-reactive ketones (excluding diaryl/α,β-unsaturated/α-hetero) is 1. The Morgan fingerprint density at radius 1 is 1.07 bits per heavy atom. The molecule has 0 aliphatic carbocycles. The van der Waals surface area contributed by atoms with E-state index in [1.165, 1.54) is 17.0 Å². The molecule has 2 aromatic carbocycles. The first-order chi connectivity index (χ1) is 12.9. The molecule has 1 fully saturated rings. The monoisotopic (exact) mass is 373 g/mol. The highest BCUT2D eigenvalue weighted by Gasteiger charge is 2.37. The number of rotatable bonds is 6. The molecule has 0 amide bonds. The van der Waals surface area contributed by atoms with Gasteiger partial charge in [-0.3, -0.25) is 9.69 Å². The maximum Gasteiger partial charge on any atom is 0.197 e. The highest BCUT2D eigenvalue weighted by atomic mass is 19.1. The predicted octanol–water partition coefficient (Wildman–Crippen LogP) is 4.19. The summed E-state index contributed by atoms with van der Waals surface area (Å²) in [7, 11) is 0. The summed E-state index contributed by atoms with van der Waals surface area (Å²) >= 11 is 0. The Morgan fingerprint density at radius 2 is 1.67 bits per heavy atom. The number of halogens is 2. The normalized spacial score (nSPS) is 19.4. The minimum absolute atomic E-state index is 0.254. The zero-order valence-corrected chi connectivity index (χ0v) is 15.4. The van der Waals surface area contributed by atoms with E-state index < -0.39 is 30.3 Å². The molecule has 1 aliphatic heterocycles. The highest BCUT2D eigenvalue weighted by Crippen LogP contribution is 2.34. The van der Waals surface area contributed by atoms with Gasteiger partial charge in [0.1, 0.15) is 0 Å². The minimum atomic E-state index is -1.87. The van der Waals surface area contributed by atoms with Crippen molar-refractivity contribution < 1.29 is 18.7 Å². The van der Waals surface area contributed by atoms with Crippen LogP contribution in [-0.2, 0) is 5.60 Å². The van der Waals surface area contributed by atoms with E-state index in [0.29, 0.717) is 25.9 Å². The topological polar surface area (TPSA) is 40.5 Å². The highest BCUT2D eigenvalue weighted by molar-refractivity contribution is 5.99. The largest absolute Gasteiger partial charge is 0.385 e. The number of ketones is 1. The van der Waals surface area contributed by atoms with Gasteiger partial charge in [0.15, 0.2) is 18.3 Å². The van der Waals surface area contributed by atoms with Gasteiger partial charge in [0.05, 0.1) is 5.60 Å². The quantitative estimate of drug-likeness (QED) is 0.610. The molecule has 1 saturated heterocycles. The summed E-state index contributed by atoms with van der Waals surface area (Å²) in [6.07, 6.45) is -3.16. The molecule has 3 nitrogen and oxygen atoms in total. The summed E-state index contributed by atoms with van der Waals surface area (Å²) in [4.78, 5) is 13.6. The van der Waals surface area contributed by atoms with Crippen LogP contribution >= 0.6 is 0 Å². The predicted molar refractivity (Wildman–Crippen MR) is 101 cm³/mol. The number of hydrogen-bond acceptors (Lipinski definition) is 3. The van der Waals surface area contributed by atoms with Crippen LogP contribution in [0.1, 0.15) is 40.7 Å². The Balaban J connectivity index is 1.56. The third-order valence-corrected chi connectivity index (χ3v) is 5.35. The number of aryl methyl sites for hydroxylation is 1. The number of benzene rings is 2. The van der Waals surface area contributed by atoms with Crippen LogP contribution in [0.2, 0.25) is 0 Å². The molecule has 0 radical (unpaired) electrons. The second kappa shape index (κ2) is 8.28. The van der Waals surface area contributed by atoms with Gasteiger partial charge in [0.25, 0.3) is 0 Å². The van der Waals surface area contributed by atoms with Crippen LogP contribution in [0.25, 0.3) is 0 Å². The molecular formula is C22H25F2NO2. The van der Waals surface area contributed by atoms with Gasteiger partial charge >= 0.3 is 0 Å². The zero-order valence-electron chi connectivity index (χ0n) is 15.4. The standard InChI is InChI=1S/C22H25F2NO2/c1-16-7-9-18(10-8-16)22(27)11-13-25(14-12-22)20(24)15-19(23)21(26)17-5-3-2-4-6-17/h2-10,19-20,27H,11-15H2,1H3. The summed E-state index contributed by atoms with van der Waals surface area (Å²) < 4.78 is 28.9. The summed E-state index contributed by atoms with van der Waals surface area (Å²) in [5.74, 6) is -0.689. The lowest BCUT2D eigenvalue weighted by atomic mass is 9.84. The number of likely N-dealkylation sites (tertiary alicyclic amines) is 1. The van der Waals surface area contributed by atoms with E-state index in [1.54, 1.807) is 18.2 Å². The molecular weight excluding hydrogens is 348 g/mol. The molecule has 0 saturated carbocycles.